The van der Waals surface area contributed by atoms with Crippen molar-refractivity contribution in [1.29, 1.82) is 0 Å². The maximum absolute atomic E-state index is 8.44. The Bertz CT molecular complexity index is 77.7. The van der Waals surface area contributed by atoms with E-state index in [1.54, 1.807) is 0 Å². The molecule has 80 valence electrons. The number of rotatable bonds is 10. The molecule has 0 heterocycles. The molecule has 0 aliphatic heterocycles. The van der Waals surface area contributed by atoms with E-state index in [9.17, 15) is 0 Å². The van der Waals surface area contributed by atoms with E-state index in [0.29, 0.717) is 39.3 Å². The second kappa shape index (κ2) is 11.8. The Hall–Kier alpha value is -0.160. The normalized spacial score (nSPS) is 10.6. The van der Waals surface area contributed by atoms with Crippen molar-refractivity contribution in [3.8, 4) is 0 Å². The third kappa shape index (κ3) is 11.8. The molecule has 0 saturated heterocycles. The van der Waals surface area contributed by atoms with Gasteiger partial charge in [0.1, 0.15) is 0 Å². The molecule has 4 heteroatoms. The SMILES string of the molecule is OCCCOCCCOCCCO. The van der Waals surface area contributed by atoms with Crippen LogP contribution in [0.2, 0.25) is 0 Å². The molecule has 13 heavy (non-hydrogen) atoms. The highest BCUT2D eigenvalue weighted by Gasteiger charge is 1.90. The molecular formula is C9H20O4. The highest BCUT2D eigenvalue weighted by molar-refractivity contribution is 4.37. The summed E-state index contributed by atoms with van der Waals surface area (Å²) in [6, 6.07) is 0. The second-order valence-electron chi connectivity index (χ2n) is 2.73. The zero-order valence-electron chi connectivity index (χ0n) is 8.07. The average molecular weight is 192 g/mol. The van der Waals surface area contributed by atoms with Gasteiger partial charge in [-0.3, -0.25) is 0 Å². The lowest BCUT2D eigenvalue weighted by Gasteiger charge is -2.03. The summed E-state index contributed by atoms with van der Waals surface area (Å²) in [4.78, 5) is 0. The van der Waals surface area contributed by atoms with E-state index in [4.69, 9.17) is 19.7 Å². The van der Waals surface area contributed by atoms with Crippen molar-refractivity contribution in [1.82, 2.24) is 0 Å². The summed E-state index contributed by atoms with van der Waals surface area (Å²) in [6.45, 7) is 2.97. The maximum Gasteiger partial charge on any atom is 0.0488 e. The molecule has 0 aliphatic rings. The van der Waals surface area contributed by atoms with Crippen LogP contribution in [0.4, 0.5) is 0 Å². The standard InChI is InChI=1S/C9H20O4/c10-4-1-6-12-8-3-9-13-7-2-5-11/h10-11H,1-9H2. The quantitative estimate of drug-likeness (QED) is 0.485. The minimum absolute atomic E-state index is 0.188. The summed E-state index contributed by atoms with van der Waals surface area (Å²) in [5.41, 5.74) is 0. The summed E-state index contributed by atoms with van der Waals surface area (Å²) in [7, 11) is 0. The molecule has 0 fully saturated rings. The molecule has 0 aromatic carbocycles. The van der Waals surface area contributed by atoms with E-state index in [1.807, 2.05) is 0 Å². The Morgan fingerprint density at radius 3 is 1.38 bits per heavy atom. The first-order chi connectivity index (χ1) is 6.41. The zero-order chi connectivity index (χ0) is 9.78. The van der Waals surface area contributed by atoms with Gasteiger partial charge in [-0.25, -0.2) is 0 Å². The van der Waals surface area contributed by atoms with Crippen LogP contribution in [0.5, 0.6) is 0 Å². The maximum atomic E-state index is 8.44. The number of aliphatic hydroxyl groups excluding tert-OH is 2. The van der Waals surface area contributed by atoms with Crippen LogP contribution >= 0.6 is 0 Å². The molecule has 0 radical (unpaired) electrons. The van der Waals surface area contributed by atoms with Crippen molar-refractivity contribution >= 4 is 0 Å². The van der Waals surface area contributed by atoms with Gasteiger partial charge in [-0.15, -0.1) is 0 Å². The monoisotopic (exact) mass is 192 g/mol. The summed E-state index contributed by atoms with van der Waals surface area (Å²) in [5, 5.41) is 16.9. The zero-order valence-corrected chi connectivity index (χ0v) is 8.07. The lowest BCUT2D eigenvalue weighted by molar-refractivity contribution is 0.0710. The van der Waals surface area contributed by atoms with E-state index in [1.165, 1.54) is 0 Å². The summed E-state index contributed by atoms with van der Waals surface area (Å²) < 4.78 is 10.4. The molecule has 0 aromatic rings. The first-order valence-electron chi connectivity index (χ1n) is 4.79. The van der Waals surface area contributed by atoms with Gasteiger partial charge in [0.25, 0.3) is 0 Å². The fourth-order valence-corrected chi connectivity index (χ4v) is 0.800. The highest BCUT2D eigenvalue weighted by Crippen LogP contribution is 1.88. The lowest BCUT2D eigenvalue weighted by Crippen LogP contribution is -2.04. The summed E-state index contributed by atoms with van der Waals surface area (Å²) in [6.07, 6.45) is 2.27. The predicted octanol–water partition coefficient (Wildman–Crippen LogP) is 0.175. The van der Waals surface area contributed by atoms with Crippen LogP contribution in [0.3, 0.4) is 0 Å². The van der Waals surface area contributed by atoms with Gasteiger partial charge < -0.3 is 19.7 Å². The fourth-order valence-electron chi connectivity index (χ4n) is 0.800. The van der Waals surface area contributed by atoms with Gasteiger partial charge in [-0.1, -0.05) is 0 Å². The van der Waals surface area contributed by atoms with Crippen molar-refractivity contribution in [2.24, 2.45) is 0 Å². The van der Waals surface area contributed by atoms with Crippen molar-refractivity contribution < 1.29 is 19.7 Å². The van der Waals surface area contributed by atoms with Crippen LogP contribution in [0.25, 0.3) is 0 Å². The van der Waals surface area contributed by atoms with Crippen LogP contribution in [-0.4, -0.2) is 49.9 Å². The van der Waals surface area contributed by atoms with Gasteiger partial charge in [0.15, 0.2) is 0 Å². The van der Waals surface area contributed by atoms with Crippen molar-refractivity contribution in [3.63, 3.8) is 0 Å². The third-order valence-corrected chi connectivity index (χ3v) is 1.47. The molecule has 4 nitrogen and oxygen atoms in total. The largest absolute Gasteiger partial charge is 0.396 e. The van der Waals surface area contributed by atoms with E-state index in [-0.39, 0.29) is 13.2 Å². The smallest absolute Gasteiger partial charge is 0.0488 e. The average Bonchev–Trinajstić information content (AvgIpc) is 2.16. The first-order valence-corrected chi connectivity index (χ1v) is 4.79. The van der Waals surface area contributed by atoms with Crippen molar-refractivity contribution in [2.75, 3.05) is 39.6 Å². The van der Waals surface area contributed by atoms with Gasteiger partial charge in [-0.05, 0) is 19.3 Å². The molecule has 0 unspecified atom stereocenters. The van der Waals surface area contributed by atoms with E-state index in [0.717, 1.165) is 6.42 Å². The van der Waals surface area contributed by atoms with Crippen LogP contribution in [0.1, 0.15) is 19.3 Å². The molecule has 0 aromatic heterocycles. The predicted molar refractivity (Wildman–Crippen MR) is 49.7 cm³/mol. The van der Waals surface area contributed by atoms with Gasteiger partial charge in [0.2, 0.25) is 0 Å². The Morgan fingerprint density at radius 2 is 1.00 bits per heavy atom. The Labute approximate surface area is 79.5 Å². The van der Waals surface area contributed by atoms with Crippen LogP contribution < -0.4 is 0 Å². The van der Waals surface area contributed by atoms with Gasteiger partial charge in [0.05, 0.1) is 0 Å². The number of hydrogen-bond donors (Lipinski definition) is 2. The van der Waals surface area contributed by atoms with Crippen LogP contribution in [0, 0.1) is 0 Å². The van der Waals surface area contributed by atoms with Crippen molar-refractivity contribution in [2.45, 2.75) is 19.3 Å². The van der Waals surface area contributed by atoms with E-state index >= 15 is 0 Å². The minimum atomic E-state index is 0.188. The number of aliphatic hydroxyl groups is 2. The number of ether oxygens (including phenoxy) is 2. The molecule has 0 aliphatic carbocycles. The Kier molecular flexibility index (Phi) is 11.7. The van der Waals surface area contributed by atoms with Crippen LogP contribution in [0.15, 0.2) is 0 Å². The second-order valence-corrected chi connectivity index (χ2v) is 2.73. The first kappa shape index (κ1) is 12.8. The number of hydrogen-bond acceptors (Lipinski definition) is 4. The van der Waals surface area contributed by atoms with Gasteiger partial charge in [0, 0.05) is 39.6 Å². The topological polar surface area (TPSA) is 58.9 Å². The summed E-state index contributed by atoms with van der Waals surface area (Å²) >= 11 is 0. The minimum Gasteiger partial charge on any atom is -0.396 e. The van der Waals surface area contributed by atoms with Gasteiger partial charge >= 0.3 is 0 Å². The lowest BCUT2D eigenvalue weighted by atomic mass is 10.4. The van der Waals surface area contributed by atoms with Gasteiger partial charge in [-0.2, -0.15) is 0 Å². The van der Waals surface area contributed by atoms with Crippen molar-refractivity contribution in [3.05, 3.63) is 0 Å². The Balaban J connectivity index is 2.76. The molecule has 0 rings (SSSR count). The van der Waals surface area contributed by atoms with E-state index in [2.05, 4.69) is 0 Å². The molecule has 0 atom stereocenters. The summed E-state index contributed by atoms with van der Waals surface area (Å²) in [5.74, 6) is 0. The highest BCUT2D eigenvalue weighted by atomic mass is 16.5. The fraction of sp³-hybridized carbons (Fsp3) is 1.00. The Morgan fingerprint density at radius 1 is 0.615 bits per heavy atom. The molecule has 0 amide bonds. The molecule has 2 N–H and O–H groups in total. The molecule has 0 spiro atoms. The molecule has 0 bridgehead atoms. The van der Waals surface area contributed by atoms with E-state index < -0.39 is 0 Å². The molecular weight excluding hydrogens is 172 g/mol. The van der Waals surface area contributed by atoms with Crippen LogP contribution in [-0.2, 0) is 9.47 Å². The molecule has 0 saturated carbocycles. The third-order valence-electron chi connectivity index (χ3n) is 1.47.